The fraction of sp³-hybridized carbons (Fsp3) is 0.667. The third-order valence-electron chi connectivity index (χ3n) is 1.36. The fourth-order valence-corrected chi connectivity index (χ4v) is 0.895. The number of hydrogen-bond donors (Lipinski definition) is 0. The van der Waals surface area contributed by atoms with Crippen LogP contribution in [-0.2, 0) is 6.54 Å². The van der Waals surface area contributed by atoms with Gasteiger partial charge in [-0.25, -0.2) is 4.68 Å². The summed E-state index contributed by atoms with van der Waals surface area (Å²) in [5, 5.41) is 8.06. The van der Waals surface area contributed by atoms with Gasteiger partial charge in [-0.05, 0) is 13.3 Å². The largest absolute Gasteiger partial charge is 0.248 e. The van der Waals surface area contributed by atoms with Crippen LogP contribution in [0.4, 0.5) is 0 Å². The first kappa shape index (κ1) is 7.54. The molecule has 0 aliphatic rings. The molecule has 0 amide bonds. The molecule has 1 rings (SSSR count). The van der Waals surface area contributed by atoms with E-state index in [2.05, 4.69) is 17.2 Å². The van der Waals surface area contributed by atoms with E-state index < -0.39 is 0 Å². The summed E-state index contributed by atoms with van der Waals surface area (Å²) in [6, 6.07) is 0. The van der Waals surface area contributed by atoms with Crippen LogP contribution in [0.5, 0.6) is 0 Å². The van der Waals surface area contributed by atoms with E-state index in [1.807, 2.05) is 11.6 Å². The number of aryl methyl sites for hydroxylation is 1. The highest BCUT2D eigenvalue weighted by Gasteiger charge is 2.02. The predicted octanol–water partition coefficient (Wildman–Crippen LogP) is 1.65. The van der Waals surface area contributed by atoms with Crippen LogP contribution in [-0.4, -0.2) is 15.0 Å². The molecule has 1 aromatic rings. The lowest BCUT2D eigenvalue weighted by atomic mass is 10.4. The van der Waals surface area contributed by atoms with Crippen molar-refractivity contribution >= 4 is 11.6 Å². The highest BCUT2D eigenvalue weighted by Crippen LogP contribution is 2.09. The molecule has 3 nitrogen and oxygen atoms in total. The molecule has 0 radical (unpaired) electrons. The molecule has 0 bridgehead atoms. The molecule has 0 aromatic carbocycles. The molecule has 56 valence electrons. The highest BCUT2D eigenvalue weighted by molar-refractivity contribution is 6.29. The molecule has 0 saturated carbocycles. The van der Waals surface area contributed by atoms with Crippen LogP contribution in [0.25, 0.3) is 0 Å². The molecule has 0 atom stereocenters. The van der Waals surface area contributed by atoms with Gasteiger partial charge in [0.2, 0.25) is 0 Å². The van der Waals surface area contributed by atoms with Crippen LogP contribution in [0.2, 0.25) is 5.15 Å². The van der Waals surface area contributed by atoms with E-state index in [1.54, 1.807) is 0 Å². The second-order valence-corrected chi connectivity index (χ2v) is 2.55. The molecule has 1 heterocycles. The molecule has 0 spiro atoms. The summed E-state index contributed by atoms with van der Waals surface area (Å²) in [4.78, 5) is 0. The Morgan fingerprint density at radius 3 is 2.70 bits per heavy atom. The van der Waals surface area contributed by atoms with Crippen LogP contribution in [0.1, 0.15) is 19.0 Å². The lowest BCUT2D eigenvalue weighted by Gasteiger charge is -1.97. The summed E-state index contributed by atoms with van der Waals surface area (Å²) < 4.78 is 1.81. The van der Waals surface area contributed by atoms with Crippen molar-refractivity contribution in [2.24, 2.45) is 0 Å². The Kier molecular flexibility index (Phi) is 2.27. The van der Waals surface area contributed by atoms with Gasteiger partial charge in [-0.15, -0.1) is 5.10 Å². The van der Waals surface area contributed by atoms with Crippen LogP contribution < -0.4 is 0 Å². The van der Waals surface area contributed by atoms with Gasteiger partial charge in [0.15, 0.2) is 5.15 Å². The topological polar surface area (TPSA) is 30.7 Å². The average molecular weight is 160 g/mol. The standard InChI is InChI=1S/C6H10ClN3/c1-3-4-10-5(2)6(7)8-9-10/h3-4H2,1-2H3. The summed E-state index contributed by atoms with van der Waals surface area (Å²) in [6.07, 6.45) is 1.06. The summed E-state index contributed by atoms with van der Waals surface area (Å²) in [7, 11) is 0. The van der Waals surface area contributed by atoms with Crippen molar-refractivity contribution in [2.75, 3.05) is 0 Å². The zero-order valence-electron chi connectivity index (χ0n) is 6.13. The third-order valence-corrected chi connectivity index (χ3v) is 1.71. The first-order chi connectivity index (χ1) is 4.75. The van der Waals surface area contributed by atoms with Crippen molar-refractivity contribution in [1.82, 2.24) is 15.0 Å². The monoisotopic (exact) mass is 159 g/mol. The van der Waals surface area contributed by atoms with E-state index in [-0.39, 0.29) is 0 Å². The van der Waals surface area contributed by atoms with Gasteiger partial charge in [-0.3, -0.25) is 0 Å². The zero-order chi connectivity index (χ0) is 7.56. The van der Waals surface area contributed by atoms with Gasteiger partial charge >= 0.3 is 0 Å². The number of hydrogen-bond acceptors (Lipinski definition) is 2. The molecular weight excluding hydrogens is 150 g/mol. The SMILES string of the molecule is CCCn1nnc(Cl)c1C. The van der Waals surface area contributed by atoms with Crippen LogP contribution in [0.15, 0.2) is 0 Å². The minimum absolute atomic E-state index is 0.508. The average Bonchev–Trinajstić information content (AvgIpc) is 2.20. The van der Waals surface area contributed by atoms with Crippen LogP contribution >= 0.6 is 11.6 Å². The molecule has 0 saturated heterocycles. The summed E-state index contributed by atoms with van der Waals surface area (Å²) in [5.74, 6) is 0. The number of rotatable bonds is 2. The number of aromatic nitrogens is 3. The van der Waals surface area contributed by atoms with Crippen molar-refractivity contribution in [1.29, 1.82) is 0 Å². The molecule has 10 heavy (non-hydrogen) atoms. The smallest absolute Gasteiger partial charge is 0.174 e. The van der Waals surface area contributed by atoms with Crippen molar-refractivity contribution in [2.45, 2.75) is 26.8 Å². The van der Waals surface area contributed by atoms with Crippen LogP contribution in [0, 0.1) is 6.92 Å². The quantitative estimate of drug-likeness (QED) is 0.657. The van der Waals surface area contributed by atoms with Gasteiger partial charge in [0.25, 0.3) is 0 Å². The molecule has 0 N–H and O–H groups in total. The van der Waals surface area contributed by atoms with Crippen molar-refractivity contribution in [3.63, 3.8) is 0 Å². The van der Waals surface area contributed by atoms with E-state index in [4.69, 9.17) is 11.6 Å². The highest BCUT2D eigenvalue weighted by atomic mass is 35.5. The summed E-state index contributed by atoms with van der Waals surface area (Å²) in [6.45, 7) is 4.90. The van der Waals surface area contributed by atoms with E-state index in [0.29, 0.717) is 5.15 Å². The Bertz CT molecular complexity index is 219. The van der Waals surface area contributed by atoms with Crippen molar-refractivity contribution < 1.29 is 0 Å². The number of nitrogens with zero attached hydrogens (tertiary/aromatic N) is 3. The minimum atomic E-state index is 0.508. The predicted molar refractivity (Wildman–Crippen MR) is 40.1 cm³/mol. The summed E-state index contributed by atoms with van der Waals surface area (Å²) >= 11 is 5.67. The third kappa shape index (κ3) is 1.29. The first-order valence-electron chi connectivity index (χ1n) is 3.31. The molecule has 0 aliphatic heterocycles. The van der Waals surface area contributed by atoms with Gasteiger partial charge in [0.1, 0.15) is 0 Å². The lowest BCUT2D eigenvalue weighted by Crippen LogP contribution is -2.00. The van der Waals surface area contributed by atoms with Gasteiger partial charge in [0, 0.05) is 6.54 Å². The van der Waals surface area contributed by atoms with Gasteiger partial charge < -0.3 is 0 Å². The van der Waals surface area contributed by atoms with E-state index >= 15 is 0 Å². The maximum atomic E-state index is 5.67. The molecule has 0 aliphatic carbocycles. The summed E-state index contributed by atoms with van der Waals surface area (Å²) in [5.41, 5.74) is 0.948. The zero-order valence-corrected chi connectivity index (χ0v) is 6.89. The molecule has 0 fully saturated rings. The Morgan fingerprint density at radius 1 is 1.60 bits per heavy atom. The van der Waals surface area contributed by atoms with E-state index in [9.17, 15) is 0 Å². The molecule has 4 heteroatoms. The van der Waals surface area contributed by atoms with Crippen molar-refractivity contribution in [3.8, 4) is 0 Å². The second-order valence-electron chi connectivity index (χ2n) is 2.19. The van der Waals surface area contributed by atoms with Gasteiger partial charge in [-0.2, -0.15) is 0 Å². The second kappa shape index (κ2) is 3.01. The Morgan fingerprint density at radius 2 is 2.30 bits per heavy atom. The molecule has 1 aromatic heterocycles. The maximum absolute atomic E-state index is 5.67. The Labute approximate surface area is 65.0 Å². The normalized spacial score (nSPS) is 10.3. The van der Waals surface area contributed by atoms with E-state index in [0.717, 1.165) is 18.7 Å². The van der Waals surface area contributed by atoms with Crippen molar-refractivity contribution in [3.05, 3.63) is 10.8 Å². The van der Waals surface area contributed by atoms with Gasteiger partial charge in [-0.1, -0.05) is 23.7 Å². The Hall–Kier alpha value is -0.570. The minimum Gasteiger partial charge on any atom is -0.248 e. The first-order valence-corrected chi connectivity index (χ1v) is 3.69. The van der Waals surface area contributed by atoms with Gasteiger partial charge in [0.05, 0.1) is 5.69 Å². The molecule has 0 unspecified atom stereocenters. The maximum Gasteiger partial charge on any atom is 0.174 e. The number of halogens is 1. The Balaban J connectivity index is 2.83. The lowest BCUT2D eigenvalue weighted by molar-refractivity contribution is 0.566. The fourth-order valence-electron chi connectivity index (χ4n) is 0.763. The van der Waals surface area contributed by atoms with Crippen LogP contribution in [0.3, 0.4) is 0 Å². The van der Waals surface area contributed by atoms with E-state index in [1.165, 1.54) is 0 Å². The molecular formula is C6H10ClN3.